The summed E-state index contributed by atoms with van der Waals surface area (Å²) in [4.78, 5) is 4.14. The van der Waals surface area contributed by atoms with Crippen molar-refractivity contribution in [3.05, 3.63) is 29.6 Å². The molecule has 2 rings (SSSR count). The van der Waals surface area contributed by atoms with E-state index in [-0.39, 0.29) is 0 Å². The molecule has 1 N–H and O–H groups in total. The van der Waals surface area contributed by atoms with E-state index >= 15 is 0 Å². The van der Waals surface area contributed by atoms with E-state index in [0.29, 0.717) is 0 Å². The van der Waals surface area contributed by atoms with Crippen molar-refractivity contribution in [1.29, 1.82) is 0 Å². The molecule has 0 unspecified atom stereocenters. The number of aryl methyl sites for hydroxylation is 1. The Kier molecular flexibility index (Phi) is 3.14. The van der Waals surface area contributed by atoms with Crippen LogP contribution in [0.3, 0.4) is 0 Å². The molecule has 1 aliphatic rings. The van der Waals surface area contributed by atoms with Gasteiger partial charge in [0.05, 0.1) is 0 Å². The number of rotatable bonds is 4. The number of aromatic nitrogens is 1. The van der Waals surface area contributed by atoms with Gasteiger partial charge < -0.3 is 5.32 Å². The van der Waals surface area contributed by atoms with E-state index in [0.717, 1.165) is 12.5 Å². The molecule has 0 aromatic carbocycles. The third-order valence-corrected chi connectivity index (χ3v) is 3.12. The molecule has 2 heteroatoms. The van der Waals surface area contributed by atoms with E-state index in [2.05, 4.69) is 23.3 Å². The van der Waals surface area contributed by atoms with Crippen LogP contribution in [0.1, 0.15) is 30.4 Å². The van der Waals surface area contributed by atoms with Gasteiger partial charge in [-0.05, 0) is 49.4 Å². The van der Waals surface area contributed by atoms with Crippen molar-refractivity contribution in [1.82, 2.24) is 10.3 Å². The fourth-order valence-electron chi connectivity index (χ4n) is 1.79. The van der Waals surface area contributed by atoms with Crippen LogP contribution in [0.4, 0.5) is 0 Å². The fraction of sp³-hybridized carbons (Fsp3) is 0.583. The Morgan fingerprint density at radius 2 is 2.36 bits per heavy atom. The zero-order valence-electron chi connectivity index (χ0n) is 8.79. The highest BCUT2D eigenvalue weighted by atomic mass is 14.9. The fourth-order valence-corrected chi connectivity index (χ4v) is 1.79. The average Bonchev–Trinajstić information content (AvgIpc) is 2.12. The van der Waals surface area contributed by atoms with E-state index in [9.17, 15) is 0 Å². The minimum absolute atomic E-state index is 0.937. The zero-order valence-corrected chi connectivity index (χ0v) is 8.79. The van der Waals surface area contributed by atoms with Crippen molar-refractivity contribution >= 4 is 0 Å². The molecule has 0 amide bonds. The Bertz CT molecular complexity index is 292. The molecule has 1 fully saturated rings. The van der Waals surface area contributed by atoms with Gasteiger partial charge in [0.15, 0.2) is 0 Å². The Morgan fingerprint density at radius 3 is 3.00 bits per heavy atom. The standard InChI is InChI=1S/C12H18N2/c1-10-5-6-13-8-12(10)9-14-7-11-3-2-4-11/h5-6,8,11,14H,2-4,7,9H2,1H3. The van der Waals surface area contributed by atoms with Gasteiger partial charge in [-0.1, -0.05) is 6.42 Å². The Labute approximate surface area is 85.7 Å². The van der Waals surface area contributed by atoms with Gasteiger partial charge in [0.1, 0.15) is 0 Å². The molecule has 1 heterocycles. The highest BCUT2D eigenvalue weighted by molar-refractivity contribution is 5.20. The molecule has 0 atom stereocenters. The first-order valence-corrected chi connectivity index (χ1v) is 5.46. The van der Waals surface area contributed by atoms with Crippen molar-refractivity contribution in [2.24, 2.45) is 5.92 Å². The summed E-state index contributed by atoms with van der Waals surface area (Å²) >= 11 is 0. The van der Waals surface area contributed by atoms with Crippen LogP contribution in [0, 0.1) is 12.8 Å². The molecule has 1 saturated carbocycles. The van der Waals surface area contributed by atoms with Crippen LogP contribution in [0.15, 0.2) is 18.5 Å². The predicted octanol–water partition coefficient (Wildman–Crippen LogP) is 2.28. The summed E-state index contributed by atoms with van der Waals surface area (Å²) in [6.07, 6.45) is 8.07. The SMILES string of the molecule is Cc1ccncc1CNCC1CCC1. The van der Waals surface area contributed by atoms with Gasteiger partial charge >= 0.3 is 0 Å². The lowest BCUT2D eigenvalue weighted by molar-refractivity contribution is 0.301. The molecule has 76 valence electrons. The van der Waals surface area contributed by atoms with Crippen LogP contribution in [0.2, 0.25) is 0 Å². The lowest BCUT2D eigenvalue weighted by Crippen LogP contribution is -2.27. The summed E-state index contributed by atoms with van der Waals surface area (Å²) in [5.74, 6) is 0.937. The van der Waals surface area contributed by atoms with Crippen LogP contribution < -0.4 is 5.32 Å². The molecule has 0 radical (unpaired) electrons. The Morgan fingerprint density at radius 1 is 1.50 bits per heavy atom. The number of nitrogens with one attached hydrogen (secondary N) is 1. The molecule has 0 saturated heterocycles. The van der Waals surface area contributed by atoms with E-state index in [1.807, 2.05) is 12.4 Å². The van der Waals surface area contributed by atoms with Gasteiger partial charge in [-0.25, -0.2) is 0 Å². The molecule has 1 aromatic rings. The van der Waals surface area contributed by atoms with Gasteiger partial charge in [0, 0.05) is 18.9 Å². The second kappa shape index (κ2) is 4.56. The highest BCUT2D eigenvalue weighted by Crippen LogP contribution is 2.25. The summed E-state index contributed by atoms with van der Waals surface area (Å²) < 4.78 is 0. The maximum absolute atomic E-state index is 4.14. The number of nitrogens with zero attached hydrogens (tertiary/aromatic N) is 1. The van der Waals surface area contributed by atoms with Crippen molar-refractivity contribution in [3.63, 3.8) is 0 Å². The van der Waals surface area contributed by atoms with Crippen molar-refractivity contribution in [3.8, 4) is 0 Å². The topological polar surface area (TPSA) is 24.9 Å². The molecule has 0 spiro atoms. The first-order chi connectivity index (χ1) is 6.86. The third-order valence-electron chi connectivity index (χ3n) is 3.12. The zero-order chi connectivity index (χ0) is 9.80. The van der Waals surface area contributed by atoms with Crippen LogP contribution in [-0.4, -0.2) is 11.5 Å². The average molecular weight is 190 g/mol. The quantitative estimate of drug-likeness (QED) is 0.788. The molecule has 0 bridgehead atoms. The number of hydrogen-bond acceptors (Lipinski definition) is 2. The van der Waals surface area contributed by atoms with E-state index in [4.69, 9.17) is 0 Å². The highest BCUT2D eigenvalue weighted by Gasteiger charge is 2.16. The van der Waals surface area contributed by atoms with Gasteiger partial charge in [-0.2, -0.15) is 0 Å². The van der Waals surface area contributed by atoms with Crippen LogP contribution in [-0.2, 0) is 6.54 Å². The molecular weight excluding hydrogens is 172 g/mol. The number of hydrogen-bond donors (Lipinski definition) is 1. The maximum atomic E-state index is 4.14. The van der Waals surface area contributed by atoms with Crippen LogP contribution >= 0.6 is 0 Å². The monoisotopic (exact) mass is 190 g/mol. The molecule has 1 aromatic heterocycles. The van der Waals surface area contributed by atoms with E-state index < -0.39 is 0 Å². The number of pyridine rings is 1. The van der Waals surface area contributed by atoms with Crippen molar-refractivity contribution in [2.75, 3.05) is 6.54 Å². The van der Waals surface area contributed by atoms with E-state index in [1.54, 1.807) is 0 Å². The van der Waals surface area contributed by atoms with Gasteiger partial charge in [0.25, 0.3) is 0 Å². The van der Waals surface area contributed by atoms with Crippen molar-refractivity contribution < 1.29 is 0 Å². The van der Waals surface area contributed by atoms with Gasteiger partial charge in [-0.3, -0.25) is 4.98 Å². The second-order valence-electron chi connectivity index (χ2n) is 4.23. The first kappa shape index (κ1) is 9.66. The molecule has 1 aliphatic carbocycles. The maximum Gasteiger partial charge on any atom is 0.0315 e. The summed E-state index contributed by atoms with van der Waals surface area (Å²) in [6, 6.07) is 2.07. The minimum atomic E-state index is 0.937. The second-order valence-corrected chi connectivity index (χ2v) is 4.23. The lowest BCUT2D eigenvalue weighted by Gasteiger charge is -2.25. The summed E-state index contributed by atoms with van der Waals surface area (Å²) in [6.45, 7) is 4.28. The van der Waals surface area contributed by atoms with Gasteiger partial charge in [0.2, 0.25) is 0 Å². The summed E-state index contributed by atoms with van der Waals surface area (Å²) in [7, 11) is 0. The smallest absolute Gasteiger partial charge is 0.0315 e. The molecule has 2 nitrogen and oxygen atoms in total. The van der Waals surface area contributed by atoms with Gasteiger partial charge in [-0.15, -0.1) is 0 Å². The Balaban J connectivity index is 1.76. The largest absolute Gasteiger partial charge is 0.312 e. The predicted molar refractivity (Wildman–Crippen MR) is 58.0 cm³/mol. The molecular formula is C12H18N2. The molecule has 0 aliphatic heterocycles. The summed E-state index contributed by atoms with van der Waals surface area (Å²) in [5, 5.41) is 3.50. The van der Waals surface area contributed by atoms with E-state index in [1.165, 1.54) is 36.9 Å². The summed E-state index contributed by atoms with van der Waals surface area (Å²) in [5.41, 5.74) is 2.66. The van der Waals surface area contributed by atoms with Crippen LogP contribution in [0.5, 0.6) is 0 Å². The third kappa shape index (κ3) is 2.32. The van der Waals surface area contributed by atoms with Crippen LogP contribution in [0.25, 0.3) is 0 Å². The minimum Gasteiger partial charge on any atom is -0.312 e. The lowest BCUT2D eigenvalue weighted by atomic mass is 9.85. The first-order valence-electron chi connectivity index (χ1n) is 5.46. The van der Waals surface area contributed by atoms with Crippen molar-refractivity contribution in [2.45, 2.75) is 32.7 Å². The normalized spacial score (nSPS) is 16.6. The Hall–Kier alpha value is -0.890. The molecule has 14 heavy (non-hydrogen) atoms.